The number of hydrogen-bond donors (Lipinski definition) is 2. The Labute approximate surface area is 109 Å². The van der Waals surface area contributed by atoms with Crippen LogP contribution < -0.4 is 15.8 Å². The standard InChI is InChI=1S/C14H22N2O2/c1-11(4-3-9-15)14(17)16-10-12-5-7-13(18-2)8-6-12/h5-8,11H,3-4,9-10,15H2,1-2H3,(H,16,17). The molecule has 1 aromatic carbocycles. The highest BCUT2D eigenvalue weighted by Crippen LogP contribution is 2.11. The smallest absolute Gasteiger partial charge is 0.223 e. The molecule has 18 heavy (non-hydrogen) atoms. The summed E-state index contributed by atoms with van der Waals surface area (Å²) in [6.45, 7) is 3.12. The average Bonchev–Trinajstić information content (AvgIpc) is 2.42. The normalized spacial score (nSPS) is 11.9. The van der Waals surface area contributed by atoms with Gasteiger partial charge >= 0.3 is 0 Å². The Hall–Kier alpha value is -1.55. The Balaban J connectivity index is 2.37. The second kappa shape index (κ2) is 7.71. The molecule has 0 aromatic heterocycles. The van der Waals surface area contributed by atoms with Crippen LogP contribution in [0.5, 0.6) is 5.75 Å². The Morgan fingerprint density at radius 3 is 2.61 bits per heavy atom. The Bertz CT molecular complexity index is 363. The maximum Gasteiger partial charge on any atom is 0.223 e. The molecule has 1 unspecified atom stereocenters. The van der Waals surface area contributed by atoms with Crippen LogP contribution in [-0.4, -0.2) is 19.6 Å². The van der Waals surface area contributed by atoms with Gasteiger partial charge in [-0.2, -0.15) is 0 Å². The van der Waals surface area contributed by atoms with Crippen LogP contribution in [0.3, 0.4) is 0 Å². The number of methoxy groups -OCH3 is 1. The molecule has 1 aromatic rings. The van der Waals surface area contributed by atoms with E-state index in [9.17, 15) is 4.79 Å². The zero-order valence-corrected chi connectivity index (χ0v) is 11.1. The minimum Gasteiger partial charge on any atom is -0.497 e. The van der Waals surface area contributed by atoms with Crippen molar-refractivity contribution in [2.45, 2.75) is 26.3 Å². The molecule has 0 aliphatic heterocycles. The molecule has 0 aliphatic rings. The highest BCUT2D eigenvalue weighted by Gasteiger charge is 2.11. The van der Waals surface area contributed by atoms with E-state index in [1.165, 1.54) is 0 Å². The highest BCUT2D eigenvalue weighted by atomic mass is 16.5. The number of carbonyl (C=O) groups is 1. The van der Waals surface area contributed by atoms with Gasteiger partial charge in [-0.1, -0.05) is 19.1 Å². The van der Waals surface area contributed by atoms with E-state index in [-0.39, 0.29) is 11.8 Å². The minimum atomic E-state index is 0.0202. The first-order valence-corrected chi connectivity index (χ1v) is 6.28. The van der Waals surface area contributed by atoms with Crippen molar-refractivity contribution in [3.63, 3.8) is 0 Å². The summed E-state index contributed by atoms with van der Waals surface area (Å²) in [5, 5.41) is 2.92. The van der Waals surface area contributed by atoms with Gasteiger partial charge in [0.2, 0.25) is 5.91 Å². The van der Waals surface area contributed by atoms with Gasteiger partial charge in [0.25, 0.3) is 0 Å². The summed E-state index contributed by atoms with van der Waals surface area (Å²) in [7, 11) is 1.63. The molecule has 1 atom stereocenters. The third kappa shape index (κ3) is 4.75. The molecule has 0 bridgehead atoms. The predicted molar refractivity (Wildman–Crippen MR) is 72.3 cm³/mol. The number of hydrogen-bond acceptors (Lipinski definition) is 3. The van der Waals surface area contributed by atoms with E-state index in [0.29, 0.717) is 13.1 Å². The molecular weight excluding hydrogens is 228 g/mol. The first kappa shape index (κ1) is 14.5. The fourth-order valence-electron chi connectivity index (χ4n) is 1.66. The van der Waals surface area contributed by atoms with Gasteiger partial charge in [-0.3, -0.25) is 4.79 Å². The summed E-state index contributed by atoms with van der Waals surface area (Å²) in [6.07, 6.45) is 1.72. The third-order valence-corrected chi connectivity index (χ3v) is 2.91. The highest BCUT2D eigenvalue weighted by molar-refractivity contribution is 5.78. The number of benzene rings is 1. The van der Waals surface area contributed by atoms with Crippen molar-refractivity contribution < 1.29 is 9.53 Å². The predicted octanol–water partition coefficient (Wildman–Crippen LogP) is 1.69. The summed E-state index contributed by atoms with van der Waals surface area (Å²) in [6, 6.07) is 7.67. The molecule has 0 saturated carbocycles. The second-order valence-electron chi connectivity index (χ2n) is 4.40. The maximum absolute atomic E-state index is 11.8. The number of rotatable bonds is 7. The largest absolute Gasteiger partial charge is 0.497 e. The van der Waals surface area contributed by atoms with E-state index in [1.54, 1.807) is 7.11 Å². The SMILES string of the molecule is COc1ccc(CNC(=O)C(C)CCCN)cc1. The lowest BCUT2D eigenvalue weighted by Gasteiger charge is -2.11. The Morgan fingerprint density at radius 2 is 2.06 bits per heavy atom. The van der Waals surface area contributed by atoms with E-state index in [1.807, 2.05) is 31.2 Å². The van der Waals surface area contributed by atoms with Crippen molar-refractivity contribution in [3.05, 3.63) is 29.8 Å². The molecule has 0 fully saturated rings. The van der Waals surface area contributed by atoms with E-state index < -0.39 is 0 Å². The van der Waals surface area contributed by atoms with E-state index in [2.05, 4.69) is 5.32 Å². The van der Waals surface area contributed by atoms with Gasteiger partial charge in [0, 0.05) is 12.5 Å². The van der Waals surface area contributed by atoms with Crippen molar-refractivity contribution >= 4 is 5.91 Å². The fraction of sp³-hybridized carbons (Fsp3) is 0.500. The molecule has 3 N–H and O–H groups in total. The van der Waals surface area contributed by atoms with Crippen LogP contribution in [0.4, 0.5) is 0 Å². The Morgan fingerprint density at radius 1 is 1.39 bits per heavy atom. The minimum absolute atomic E-state index is 0.0202. The van der Waals surface area contributed by atoms with Crippen LogP contribution in [0, 0.1) is 5.92 Å². The summed E-state index contributed by atoms with van der Waals surface area (Å²) >= 11 is 0. The number of nitrogens with one attached hydrogen (secondary N) is 1. The molecule has 4 heteroatoms. The first-order valence-electron chi connectivity index (χ1n) is 6.28. The lowest BCUT2D eigenvalue weighted by Crippen LogP contribution is -2.29. The van der Waals surface area contributed by atoms with Crippen molar-refractivity contribution in [1.29, 1.82) is 0 Å². The van der Waals surface area contributed by atoms with Gasteiger partial charge in [0.1, 0.15) is 5.75 Å². The van der Waals surface area contributed by atoms with Crippen molar-refractivity contribution in [3.8, 4) is 5.75 Å². The number of ether oxygens (including phenoxy) is 1. The van der Waals surface area contributed by atoms with Gasteiger partial charge in [0.15, 0.2) is 0 Å². The third-order valence-electron chi connectivity index (χ3n) is 2.91. The van der Waals surface area contributed by atoms with Gasteiger partial charge in [-0.05, 0) is 37.1 Å². The van der Waals surface area contributed by atoms with E-state index in [4.69, 9.17) is 10.5 Å². The van der Waals surface area contributed by atoms with Crippen molar-refractivity contribution in [2.24, 2.45) is 11.7 Å². The lowest BCUT2D eigenvalue weighted by molar-refractivity contribution is -0.124. The zero-order valence-electron chi connectivity index (χ0n) is 11.1. The molecular formula is C14H22N2O2. The fourth-order valence-corrected chi connectivity index (χ4v) is 1.66. The zero-order chi connectivity index (χ0) is 13.4. The summed E-state index contributed by atoms with van der Waals surface area (Å²) < 4.78 is 5.08. The Kier molecular flexibility index (Phi) is 6.22. The van der Waals surface area contributed by atoms with E-state index in [0.717, 1.165) is 24.2 Å². The van der Waals surface area contributed by atoms with Crippen molar-refractivity contribution in [2.75, 3.05) is 13.7 Å². The van der Waals surface area contributed by atoms with E-state index >= 15 is 0 Å². The molecule has 100 valence electrons. The monoisotopic (exact) mass is 250 g/mol. The molecule has 0 heterocycles. The number of amides is 1. The van der Waals surface area contributed by atoms with Crippen LogP contribution in [0.25, 0.3) is 0 Å². The first-order chi connectivity index (χ1) is 8.67. The van der Waals surface area contributed by atoms with Gasteiger partial charge < -0.3 is 15.8 Å². The van der Waals surface area contributed by atoms with Gasteiger partial charge in [-0.25, -0.2) is 0 Å². The summed E-state index contributed by atoms with van der Waals surface area (Å²) in [4.78, 5) is 11.8. The second-order valence-corrected chi connectivity index (χ2v) is 4.40. The molecule has 0 spiro atoms. The number of carbonyl (C=O) groups excluding carboxylic acids is 1. The molecule has 0 radical (unpaired) electrons. The van der Waals surface area contributed by atoms with Gasteiger partial charge in [-0.15, -0.1) is 0 Å². The van der Waals surface area contributed by atoms with Crippen LogP contribution in [0.2, 0.25) is 0 Å². The molecule has 0 saturated heterocycles. The van der Waals surface area contributed by atoms with Crippen molar-refractivity contribution in [1.82, 2.24) is 5.32 Å². The molecule has 0 aliphatic carbocycles. The maximum atomic E-state index is 11.8. The van der Waals surface area contributed by atoms with Crippen LogP contribution >= 0.6 is 0 Å². The summed E-state index contributed by atoms with van der Waals surface area (Å²) in [5.41, 5.74) is 6.49. The average molecular weight is 250 g/mol. The van der Waals surface area contributed by atoms with Gasteiger partial charge in [0.05, 0.1) is 7.11 Å². The van der Waals surface area contributed by atoms with Crippen LogP contribution in [0.15, 0.2) is 24.3 Å². The molecule has 1 rings (SSSR count). The molecule has 1 amide bonds. The quantitative estimate of drug-likeness (QED) is 0.774. The number of nitrogens with two attached hydrogens (primary N) is 1. The topological polar surface area (TPSA) is 64.3 Å². The lowest BCUT2D eigenvalue weighted by atomic mass is 10.0. The van der Waals surface area contributed by atoms with Crippen LogP contribution in [0.1, 0.15) is 25.3 Å². The summed E-state index contributed by atoms with van der Waals surface area (Å²) in [5.74, 6) is 0.924. The molecule has 4 nitrogen and oxygen atoms in total. The van der Waals surface area contributed by atoms with Crippen LogP contribution in [-0.2, 0) is 11.3 Å².